The molecule has 1 fully saturated rings. The lowest BCUT2D eigenvalue weighted by Gasteiger charge is -2.22. The van der Waals surface area contributed by atoms with E-state index in [1.54, 1.807) is 18.2 Å². The summed E-state index contributed by atoms with van der Waals surface area (Å²) in [7, 11) is 0. The van der Waals surface area contributed by atoms with E-state index in [0.29, 0.717) is 10.0 Å². The molecule has 2 N–H and O–H groups in total. The Hall–Kier alpha value is -2.24. The second-order valence-corrected chi connectivity index (χ2v) is 6.62. The predicted molar refractivity (Wildman–Crippen MR) is 95.9 cm³/mol. The van der Waals surface area contributed by atoms with Gasteiger partial charge < -0.3 is 15.4 Å². The molecule has 0 spiro atoms. The second kappa shape index (κ2) is 7.33. The summed E-state index contributed by atoms with van der Waals surface area (Å²) in [5, 5.41) is 6.66. The third-order valence-electron chi connectivity index (χ3n) is 3.98. The van der Waals surface area contributed by atoms with Crippen LogP contribution in [0, 0.1) is 6.92 Å². The molecule has 0 aliphatic carbocycles. The SMILES string of the molecule is Cc1cc([C@@H](NC(=O)[C@@H]2CNC(=O)O2)c2ccc(Cl)cc2)ccc1Cl. The topological polar surface area (TPSA) is 67.4 Å². The molecule has 5 nitrogen and oxygen atoms in total. The number of carbonyl (C=O) groups is 2. The van der Waals surface area contributed by atoms with Crippen molar-refractivity contribution in [3.05, 3.63) is 69.2 Å². The summed E-state index contributed by atoms with van der Waals surface area (Å²) in [5.41, 5.74) is 2.63. The van der Waals surface area contributed by atoms with E-state index in [4.69, 9.17) is 27.9 Å². The molecule has 1 aliphatic heterocycles. The third kappa shape index (κ3) is 4.06. The van der Waals surface area contributed by atoms with Gasteiger partial charge in [0.1, 0.15) is 0 Å². The minimum Gasteiger partial charge on any atom is -0.434 e. The Morgan fingerprint density at radius 1 is 1.20 bits per heavy atom. The minimum absolute atomic E-state index is 0.150. The molecule has 25 heavy (non-hydrogen) atoms. The molecule has 0 radical (unpaired) electrons. The van der Waals surface area contributed by atoms with Gasteiger partial charge in [-0.25, -0.2) is 4.79 Å². The second-order valence-electron chi connectivity index (χ2n) is 5.78. The molecular formula is C18H16Cl2N2O3. The fraction of sp³-hybridized carbons (Fsp3) is 0.222. The zero-order valence-electron chi connectivity index (χ0n) is 13.4. The van der Waals surface area contributed by atoms with Crippen LogP contribution in [0.2, 0.25) is 10.0 Å². The zero-order chi connectivity index (χ0) is 18.0. The van der Waals surface area contributed by atoms with Crippen LogP contribution in [0.25, 0.3) is 0 Å². The molecule has 1 saturated heterocycles. The van der Waals surface area contributed by atoms with Crippen LogP contribution in [0.1, 0.15) is 22.7 Å². The van der Waals surface area contributed by atoms with Crippen LogP contribution in [0.4, 0.5) is 4.79 Å². The van der Waals surface area contributed by atoms with Crippen molar-refractivity contribution in [1.29, 1.82) is 0 Å². The highest BCUT2D eigenvalue weighted by molar-refractivity contribution is 6.31. The van der Waals surface area contributed by atoms with Crippen LogP contribution in [0.3, 0.4) is 0 Å². The number of alkyl carbamates (subject to hydrolysis) is 1. The lowest BCUT2D eigenvalue weighted by molar-refractivity contribution is -0.128. The molecule has 1 heterocycles. The van der Waals surface area contributed by atoms with Crippen molar-refractivity contribution in [2.45, 2.75) is 19.1 Å². The minimum atomic E-state index is -0.851. The van der Waals surface area contributed by atoms with Gasteiger partial charge in [-0.3, -0.25) is 4.79 Å². The standard InChI is InChI=1S/C18H16Cl2N2O3/c1-10-8-12(4-7-14(10)20)16(11-2-5-13(19)6-3-11)22-17(23)15-9-21-18(24)25-15/h2-8,15-16H,9H2,1H3,(H,21,24)(H,22,23)/t15-,16-/m0/s1. The van der Waals surface area contributed by atoms with Gasteiger partial charge in [-0.05, 0) is 41.8 Å². The Kier molecular flexibility index (Phi) is 5.16. The van der Waals surface area contributed by atoms with Crippen LogP contribution >= 0.6 is 23.2 Å². The molecule has 0 bridgehead atoms. The number of hydrogen-bond donors (Lipinski definition) is 2. The molecule has 2 aromatic carbocycles. The van der Waals surface area contributed by atoms with Crippen molar-refractivity contribution in [3.8, 4) is 0 Å². The van der Waals surface area contributed by atoms with E-state index in [0.717, 1.165) is 16.7 Å². The van der Waals surface area contributed by atoms with Gasteiger partial charge >= 0.3 is 6.09 Å². The summed E-state index contributed by atoms with van der Waals surface area (Å²) in [5.74, 6) is -0.370. The number of hydrogen-bond acceptors (Lipinski definition) is 3. The fourth-order valence-electron chi connectivity index (χ4n) is 2.63. The van der Waals surface area contributed by atoms with Gasteiger partial charge in [0, 0.05) is 10.0 Å². The summed E-state index contributed by atoms with van der Waals surface area (Å²) in [4.78, 5) is 23.6. The quantitative estimate of drug-likeness (QED) is 0.853. The number of amides is 2. The Bertz CT molecular complexity index is 808. The smallest absolute Gasteiger partial charge is 0.408 e. The average Bonchev–Trinajstić information content (AvgIpc) is 3.03. The van der Waals surface area contributed by atoms with Crippen molar-refractivity contribution in [2.75, 3.05) is 6.54 Å². The Labute approximate surface area is 155 Å². The normalized spacial score (nSPS) is 17.6. The summed E-state index contributed by atoms with van der Waals surface area (Å²) < 4.78 is 4.95. The van der Waals surface area contributed by atoms with Crippen LogP contribution in [0.5, 0.6) is 0 Å². The van der Waals surface area contributed by atoms with Gasteiger partial charge in [0.2, 0.25) is 0 Å². The molecule has 0 aromatic heterocycles. The number of halogens is 2. The predicted octanol–water partition coefficient (Wildman–Crippen LogP) is 3.62. The summed E-state index contributed by atoms with van der Waals surface area (Å²) in [6, 6.07) is 12.4. The molecule has 7 heteroatoms. The summed E-state index contributed by atoms with van der Waals surface area (Å²) >= 11 is 12.1. The molecule has 2 aromatic rings. The first-order valence-corrected chi connectivity index (χ1v) is 8.46. The van der Waals surface area contributed by atoms with Gasteiger partial charge in [0.15, 0.2) is 6.10 Å². The van der Waals surface area contributed by atoms with Crippen molar-refractivity contribution in [1.82, 2.24) is 10.6 Å². The van der Waals surface area contributed by atoms with E-state index in [1.807, 2.05) is 31.2 Å². The number of aryl methyl sites for hydroxylation is 1. The van der Waals surface area contributed by atoms with Gasteiger partial charge in [-0.1, -0.05) is 47.5 Å². The van der Waals surface area contributed by atoms with Crippen molar-refractivity contribution in [2.24, 2.45) is 0 Å². The Morgan fingerprint density at radius 3 is 2.48 bits per heavy atom. The molecule has 0 unspecified atom stereocenters. The number of benzene rings is 2. The molecular weight excluding hydrogens is 363 g/mol. The summed E-state index contributed by atoms with van der Waals surface area (Å²) in [6.45, 7) is 2.05. The number of carbonyl (C=O) groups excluding carboxylic acids is 2. The largest absolute Gasteiger partial charge is 0.434 e. The van der Waals surface area contributed by atoms with Crippen molar-refractivity contribution < 1.29 is 14.3 Å². The first-order valence-electron chi connectivity index (χ1n) is 7.70. The molecule has 130 valence electrons. The van der Waals surface area contributed by atoms with Crippen LogP contribution in [-0.4, -0.2) is 24.6 Å². The van der Waals surface area contributed by atoms with E-state index < -0.39 is 18.2 Å². The van der Waals surface area contributed by atoms with Gasteiger partial charge in [0.25, 0.3) is 5.91 Å². The maximum absolute atomic E-state index is 12.5. The highest BCUT2D eigenvalue weighted by atomic mass is 35.5. The number of ether oxygens (including phenoxy) is 1. The van der Waals surface area contributed by atoms with E-state index in [9.17, 15) is 9.59 Å². The Morgan fingerprint density at radius 2 is 1.88 bits per heavy atom. The third-order valence-corrected chi connectivity index (χ3v) is 4.65. The maximum atomic E-state index is 12.5. The first kappa shape index (κ1) is 17.6. The average molecular weight is 379 g/mol. The van der Waals surface area contributed by atoms with Gasteiger partial charge in [-0.2, -0.15) is 0 Å². The van der Waals surface area contributed by atoms with E-state index >= 15 is 0 Å². The van der Waals surface area contributed by atoms with E-state index in [-0.39, 0.29) is 12.5 Å². The van der Waals surface area contributed by atoms with E-state index in [2.05, 4.69) is 10.6 Å². The van der Waals surface area contributed by atoms with E-state index in [1.165, 1.54) is 0 Å². The number of cyclic esters (lactones) is 1. The lowest BCUT2D eigenvalue weighted by Crippen LogP contribution is -2.39. The zero-order valence-corrected chi connectivity index (χ0v) is 14.9. The van der Waals surface area contributed by atoms with Crippen LogP contribution < -0.4 is 10.6 Å². The van der Waals surface area contributed by atoms with Gasteiger partial charge in [0.05, 0.1) is 12.6 Å². The molecule has 0 saturated carbocycles. The van der Waals surface area contributed by atoms with Crippen LogP contribution in [0.15, 0.2) is 42.5 Å². The molecule has 3 rings (SSSR count). The molecule has 2 atom stereocenters. The highest BCUT2D eigenvalue weighted by Gasteiger charge is 2.31. The van der Waals surface area contributed by atoms with Crippen molar-refractivity contribution >= 4 is 35.2 Å². The van der Waals surface area contributed by atoms with Crippen LogP contribution in [-0.2, 0) is 9.53 Å². The Balaban J connectivity index is 1.91. The number of rotatable bonds is 4. The highest BCUT2D eigenvalue weighted by Crippen LogP contribution is 2.27. The maximum Gasteiger partial charge on any atom is 0.408 e. The number of nitrogens with one attached hydrogen (secondary N) is 2. The first-order chi connectivity index (χ1) is 11.9. The summed E-state index contributed by atoms with van der Waals surface area (Å²) in [6.07, 6.45) is -1.44. The fourth-order valence-corrected chi connectivity index (χ4v) is 2.88. The lowest BCUT2D eigenvalue weighted by atomic mass is 9.97. The molecule has 2 amide bonds. The molecule has 1 aliphatic rings. The van der Waals surface area contributed by atoms with Gasteiger partial charge in [-0.15, -0.1) is 0 Å². The monoisotopic (exact) mass is 378 g/mol. The van der Waals surface area contributed by atoms with Crippen molar-refractivity contribution in [3.63, 3.8) is 0 Å².